The smallest absolute Gasteiger partial charge is 0.302 e. The van der Waals surface area contributed by atoms with Crippen LogP contribution in [0.5, 0.6) is 0 Å². The molecule has 0 aromatic rings. The maximum absolute atomic E-state index is 13.2. The van der Waals surface area contributed by atoms with E-state index in [0.717, 1.165) is 32.2 Å². The molecule has 0 saturated carbocycles. The number of hydrogen-bond acceptors (Lipinski definition) is 8. The average Bonchev–Trinajstić information content (AvgIpc) is 3.08. The van der Waals surface area contributed by atoms with E-state index in [4.69, 9.17) is 24.1 Å². The third kappa shape index (κ3) is 12.0. The Morgan fingerprint density at radius 2 is 1.45 bits per heavy atom. The van der Waals surface area contributed by atoms with Gasteiger partial charge in [0.15, 0.2) is 0 Å². The van der Waals surface area contributed by atoms with Gasteiger partial charge < -0.3 is 34.1 Å². The van der Waals surface area contributed by atoms with Crippen LogP contribution in [0.4, 0.5) is 0 Å². The quantitative estimate of drug-likeness (QED) is 0.157. The molecule has 248 valence electrons. The van der Waals surface area contributed by atoms with Gasteiger partial charge in [-0.15, -0.1) is 0 Å². The summed E-state index contributed by atoms with van der Waals surface area (Å²) in [6.07, 6.45) is 4.17. The number of hydrogen-bond donors (Lipinski definition) is 2. The number of ether oxygens (including phenoxy) is 4. The Morgan fingerprint density at radius 1 is 0.833 bits per heavy atom. The summed E-state index contributed by atoms with van der Waals surface area (Å²) in [4.78, 5) is 27.8. The van der Waals surface area contributed by atoms with Crippen LogP contribution in [0.2, 0.25) is 0 Å². The van der Waals surface area contributed by atoms with E-state index in [1.165, 1.54) is 6.92 Å². The Kier molecular flexibility index (Phi) is 16.0. The van der Waals surface area contributed by atoms with Gasteiger partial charge in [0.2, 0.25) is 5.91 Å². The average molecular weight is 602 g/mol. The molecule has 42 heavy (non-hydrogen) atoms. The molecular weight excluding hydrogens is 538 g/mol. The van der Waals surface area contributed by atoms with Crippen LogP contribution in [0, 0.1) is 21.7 Å². The van der Waals surface area contributed by atoms with Crippen molar-refractivity contribution in [2.75, 3.05) is 52.8 Å². The zero-order valence-corrected chi connectivity index (χ0v) is 28.4. The number of esters is 1. The number of nitrogens with zero attached hydrogens (tertiary/aromatic N) is 1. The number of aliphatic hydroxyl groups excluding tert-OH is 2. The second-order valence-electron chi connectivity index (χ2n) is 14.9. The summed E-state index contributed by atoms with van der Waals surface area (Å²) in [5.41, 5.74) is -1.36. The summed E-state index contributed by atoms with van der Waals surface area (Å²) in [5, 5.41) is 18.2. The SMILES string of the molecule is CC(=O)OC(CC(C)(C)C(COCCO)OCCOCCO)C(C)(C)C(C)(C)CC(N1CCCCCC1=O)C(C)(C)C. The predicted octanol–water partition coefficient (Wildman–Crippen LogP) is 5.00. The molecular formula is C33H63NO8. The minimum Gasteiger partial charge on any atom is -0.462 e. The summed E-state index contributed by atoms with van der Waals surface area (Å²) in [5.74, 6) is -0.0920. The Labute approximate surface area is 256 Å². The second-order valence-corrected chi connectivity index (χ2v) is 14.9. The molecule has 1 aliphatic heterocycles. The van der Waals surface area contributed by atoms with E-state index in [1.54, 1.807) is 0 Å². The van der Waals surface area contributed by atoms with Crippen molar-refractivity contribution in [2.24, 2.45) is 21.7 Å². The van der Waals surface area contributed by atoms with Crippen LogP contribution in [-0.4, -0.2) is 98.0 Å². The van der Waals surface area contributed by atoms with E-state index in [-0.39, 0.29) is 67.9 Å². The van der Waals surface area contributed by atoms with E-state index in [0.29, 0.717) is 26.1 Å². The monoisotopic (exact) mass is 601 g/mol. The molecule has 1 aliphatic rings. The lowest BCUT2D eigenvalue weighted by Crippen LogP contribution is -2.54. The van der Waals surface area contributed by atoms with Crippen LogP contribution in [0.15, 0.2) is 0 Å². The first-order valence-corrected chi connectivity index (χ1v) is 15.9. The molecule has 0 spiro atoms. The van der Waals surface area contributed by atoms with Gasteiger partial charge in [0.05, 0.1) is 52.4 Å². The number of rotatable bonds is 19. The van der Waals surface area contributed by atoms with Gasteiger partial charge in [-0.3, -0.25) is 9.59 Å². The molecule has 3 atom stereocenters. The van der Waals surface area contributed by atoms with Crippen LogP contribution in [-0.2, 0) is 28.5 Å². The molecule has 9 heteroatoms. The van der Waals surface area contributed by atoms with E-state index in [1.807, 2.05) is 0 Å². The number of amides is 1. The molecule has 1 rings (SSSR count). The summed E-state index contributed by atoms with van der Waals surface area (Å²) in [6.45, 7) is 23.1. The van der Waals surface area contributed by atoms with Gasteiger partial charge in [-0.1, -0.05) is 68.7 Å². The van der Waals surface area contributed by atoms with Crippen molar-refractivity contribution >= 4 is 11.9 Å². The van der Waals surface area contributed by atoms with Gasteiger partial charge in [0.25, 0.3) is 0 Å². The van der Waals surface area contributed by atoms with Crippen molar-refractivity contribution in [2.45, 2.75) is 126 Å². The van der Waals surface area contributed by atoms with Gasteiger partial charge in [-0.2, -0.15) is 0 Å². The fraction of sp³-hybridized carbons (Fsp3) is 0.939. The largest absolute Gasteiger partial charge is 0.462 e. The molecule has 0 radical (unpaired) electrons. The van der Waals surface area contributed by atoms with Gasteiger partial charge in [0, 0.05) is 31.3 Å². The Morgan fingerprint density at radius 3 is 2.02 bits per heavy atom. The third-order valence-corrected chi connectivity index (χ3v) is 9.42. The predicted molar refractivity (Wildman–Crippen MR) is 165 cm³/mol. The molecule has 0 bridgehead atoms. The number of likely N-dealkylation sites (tertiary alicyclic amines) is 1. The minimum atomic E-state index is -0.468. The van der Waals surface area contributed by atoms with Crippen LogP contribution in [0.1, 0.15) is 108 Å². The Balaban J connectivity index is 3.30. The van der Waals surface area contributed by atoms with Crippen molar-refractivity contribution in [1.82, 2.24) is 4.90 Å². The van der Waals surface area contributed by atoms with Gasteiger partial charge in [0.1, 0.15) is 6.10 Å². The third-order valence-electron chi connectivity index (χ3n) is 9.42. The fourth-order valence-electron chi connectivity index (χ4n) is 5.82. The number of carbonyl (C=O) groups is 2. The molecule has 0 aliphatic carbocycles. The van der Waals surface area contributed by atoms with E-state index < -0.39 is 16.9 Å². The van der Waals surface area contributed by atoms with Crippen LogP contribution >= 0.6 is 0 Å². The Hall–Kier alpha value is -1.26. The highest BCUT2D eigenvalue weighted by Gasteiger charge is 2.50. The van der Waals surface area contributed by atoms with Crippen LogP contribution in [0.25, 0.3) is 0 Å². The lowest BCUT2D eigenvalue weighted by Gasteiger charge is -2.52. The highest BCUT2D eigenvalue weighted by Crippen LogP contribution is 2.51. The second kappa shape index (κ2) is 17.3. The lowest BCUT2D eigenvalue weighted by atomic mass is 9.58. The lowest BCUT2D eigenvalue weighted by molar-refractivity contribution is -0.170. The first-order valence-electron chi connectivity index (χ1n) is 15.9. The molecule has 1 heterocycles. The molecule has 2 N–H and O–H groups in total. The van der Waals surface area contributed by atoms with E-state index >= 15 is 0 Å². The topological polar surface area (TPSA) is 115 Å². The van der Waals surface area contributed by atoms with E-state index in [2.05, 4.69) is 67.2 Å². The van der Waals surface area contributed by atoms with Crippen molar-refractivity contribution < 1.29 is 38.7 Å². The standard InChI is InChI=1S/C33H63NO8/c1-25(37)42-27(23-31(5,6)28(24-40-19-17-36)41-21-20-39-18-16-35)33(9,10)32(7,8)22-26(30(2,3)4)34-15-13-11-12-14-29(34)38/h26-28,35-36H,11-24H2,1-10H3. The molecule has 0 aromatic heterocycles. The number of carbonyl (C=O) groups excluding carboxylic acids is 2. The molecule has 1 fully saturated rings. The normalized spacial score (nSPS) is 18.0. The van der Waals surface area contributed by atoms with Gasteiger partial charge in [-0.25, -0.2) is 0 Å². The van der Waals surface area contributed by atoms with E-state index in [9.17, 15) is 14.7 Å². The highest BCUT2D eigenvalue weighted by atomic mass is 16.6. The maximum atomic E-state index is 13.2. The molecule has 1 saturated heterocycles. The summed E-state index contributed by atoms with van der Waals surface area (Å²) in [6, 6.07) is 0.0465. The summed E-state index contributed by atoms with van der Waals surface area (Å²) in [7, 11) is 0. The van der Waals surface area contributed by atoms with Crippen molar-refractivity contribution in [1.29, 1.82) is 0 Å². The maximum Gasteiger partial charge on any atom is 0.302 e. The summed E-state index contributed by atoms with van der Waals surface area (Å²) < 4.78 is 23.4. The zero-order chi connectivity index (χ0) is 32.2. The van der Waals surface area contributed by atoms with Crippen molar-refractivity contribution in [3.8, 4) is 0 Å². The van der Waals surface area contributed by atoms with Gasteiger partial charge >= 0.3 is 5.97 Å². The zero-order valence-electron chi connectivity index (χ0n) is 28.4. The number of aliphatic hydroxyl groups is 2. The Bertz CT molecular complexity index is 804. The summed E-state index contributed by atoms with van der Waals surface area (Å²) >= 11 is 0. The van der Waals surface area contributed by atoms with Crippen LogP contribution < -0.4 is 0 Å². The fourth-order valence-corrected chi connectivity index (χ4v) is 5.82. The van der Waals surface area contributed by atoms with Crippen molar-refractivity contribution in [3.05, 3.63) is 0 Å². The van der Waals surface area contributed by atoms with Gasteiger partial charge in [-0.05, 0) is 41.9 Å². The molecule has 1 amide bonds. The first kappa shape index (κ1) is 38.8. The molecule has 9 nitrogen and oxygen atoms in total. The first-order chi connectivity index (χ1) is 19.4. The highest BCUT2D eigenvalue weighted by molar-refractivity contribution is 5.76. The van der Waals surface area contributed by atoms with Crippen molar-refractivity contribution in [3.63, 3.8) is 0 Å². The van der Waals surface area contributed by atoms with Crippen LogP contribution in [0.3, 0.4) is 0 Å². The minimum absolute atomic E-state index is 0.0465. The molecule has 0 aromatic carbocycles. The molecule has 3 unspecified atom stereocenters.